The molecule has 2 aliphatic carbocycles. The van der Waals surface area contributed by atoms with E-state index in [4.69, 9.17) is 5.26 Å². The highest BCUT2D eigenvalue weighted by molar-refractivity contribution is 5.79. The van der Waals surface area contributed by atoms with E-state index >= 15 is 0 Å². The van der Waals surface area contributed by atoms with Gasteiger partial charge in [-0.1, -0.05) is 6.92 Å². The number of halogens is 1. The SMILES string of the molecule is CC1C[C@@H]2CC(C)(NCC(=O)N3C[C@@H](F)C[C@H]3C#N)C[C@@H]2C1. The predicted octanol–water partition coefficient (Wildman–Crippen LogP) is 2.25. The minimum atomic E-state index is -1.06. The van der Waals surface area contributed by atoms with Gasteiger partial charge < -0.3 is 10.2 Å². The van der Waals surface area contributed by atoms with Gasteiger partial charge in [0.2, 0.25) is 5.91 Å². The Morgan fingerprint density at radius 3 is 2.59 bits per heavy atom. The van der Waals surface area contributed by atoms with E-state index in [1.54, 1.807) is 0 Å². The third-order valence-corrected chi connectivity index (χ3v) is 5.89. The van der Waals surface area contributed by atoms with Crippen LogP contribution < -0.4 is 5.32 Å². The summed E-state index contributed by atoms with van der Waals surface area (Å²) in [5.74, 6) is 2.27. The van der Waals surface area contributed by atoms with Crippen molar-refractivity contribution in [2.45, 2.75) is 63.7 Å². The summed E-state index contributed by atoms with van der Waals surface area (Å²) in [6.45, 7) is 4.82. The van der Waals surface area contributed by atoms with E-state index < -0.39 is 12.2 Å². The summed E-state index contributed by atoms with van der Waals surface area (Å²) in [5, 5.41) is 12.5. The number of hydrogen-bond donors (Lipinski definition) is 1. The number of fused-ring (bicyclic) bond motifs is 1. The molecule has 1 aliphatic heterocycles. The number of amides is 1. The van der Waals surface area contributed by atoms with Crippen molar-refractivity contribution in [1.29, 1.82) is 5.26 Å². The molecule has 0 aromatic carbocycles. The predicted molar refractivity (Wildman–Crippen MR) is 81.6 cm³/mol. The number of nitrogens with zero attached hydrogens (tertiary/aromatic N) is 2. The molecule has 1 amide bonds. The summed E-state index contributed by atoms with van der Waals surface area (Å²) in [6.07, 6.45) is 3.97. The highest BCUT2D eigenvalue weighted by Crippen LogP contribution is 2.50. The van der Waals surface area contributed by atoms with Crippen molar-refractivity contribution in [1.82, 2.24) is 10.2 Å². The van der Waals surface area contributed by atoms with Gasteiger partial charge in [-0.2, -0.15) is 5.26 Å². The van der Waals surface area contributed by atoms with Crippen LogP contribution in [-0.4, -0.2) is 41.6 Å². The highest BCUT2D eigenvalue weighted by Gasteiger charge is 2.46. The molecule has 1 saturated heterocycles. The Kier molecular flexibility index (Phi) is 4.15. The Labute approximate surface area is 132 Å². The van der Waals surface area contributed by atoms with Crippen LogP contribution in [0.5, 0.6) is 0 Å². The van der Waals surface area contributed by atoms with Gasteiger partial charge in [0.05, 0.1) is 19.2 Å². The lowest BCUT2D eigenvalue weighted by molar-refractivity contribution is -0.130. The molecular weight excluding hydrogens is 281 g/mol. The standard InChI is InChI=1S/C17H26FN3O/c1-11-3-12-6-17(2,7-13(12)4-11)20-9-16(22)21-10-14(18)5-15(21)8-19/h11-15,20H,3-7,9-10H2,1-2H3/t11?,12-,13+,14-,15-,17?/m0/s1. The zero-order valence-electron chi connectivity index (χ0n) is 13.5. The highest BCUT2D eigenvalue weighted by atomic mass is 19.1. The van der Waals surface area contributed by atoms with Crippen LogP contribution in [0.2, 0.25) is 0 Å². The first kappa shape index (κ1) is 15.7. The van der Waals surface area contributed by atoms with Gasteiger partial charge in [-0.25, -0.2) is 4.39 Å². The third kappa shape index (κ3) is 2.99. The number of nitriles is 1. The van der Waals surface area contributed by atoms with Crippen LogP contribution >= 0.6 is 0 Å². The molecular formula is C17H26FN3O. The molecule has 0 spiro atoms. The van der Waals surface area contributed by atoms with Gasteiger partial charge >= 0.3 is 0 Å². The van der Waals surface area contributed by atoms with Crippen molar-refractivity contribution in [3.63, 3.8) is 0 Å². The Morgan fingerprint density at radius 2 is 2.00 bits per heavy atom. The van der Waals surface area contributed by atoms with Gasteiger partial charge in [0.15, 0.2) is 0 Å². The number of nitrogens with one attached hydrogen (secondary N) is 1. The van der Waals surface area contributed by atoms with Crippen LogP contribution in [0.1, 0.15) is 46.0 Å². The number of carbonyl (C=O) groups is 1. The van der Waals surface area contributed by atoms with Crippen LogP contribution in [0, 0.1) is 29.1 Å². The monoisotopic (exact) mass is 307 g/mol. The summed E-state index contributed by atoms with van der Waals surface area (Å²) in [5.41, 5.74) is 0.0160. The molecule has 3 rings (SSSR count). The van der Waals surface area contributed by atoms with Crippen molar-refractivity contribution in [2.24, 2.45) is 17.8 Å². The lowest BCUT2D eigenvalue weighted by Gasteiger charge is -2.29. The average molecular weight is 307 g/mol. The lowest BCUT2D eigenvalue weighted by atomic mass is 9.94. The van der Waals surface area contributed by atoms with E-state index in [0.29, 0.717) is 0 Å². The fraction of sp³-hybridized carbons (Fsp3) is 0.882. The van der Waals surface area contributed by atoms with Gasteiger partial charge in [-0.15, -0.1) is 0 Å². The number of rotatable bonds is 3. The van der Waals surface area contributed by atoms with Crippen LogP contribution in [0.15, 0.2) is 0 Å². The van der Waals surface area contributed by atoms with E-state index in [-0.39, 0.29) is 31.0 Å². The molecule has 122 valence electrons. The van der Waals surface area contributed by atoms with E-state index in [1.807, 2.05) is 6.07 Å². The number of alkyl halides is 1. The van der Waals surface area contributed by atoms with E-state index in [2.05, 4.69) is 19.2 Å². The third-order valence-electron chi connectivity index (χ3n) is 5.89. The lowest BCUT2D eigenvalue weighted by Crippen LogP contribution is -2.48. The summed E-state index contributed by atoms with van der Waals surface area (Å²) >= 11 is 0. The molecule has 0 aromatic heterocycles. The fourth-order valence-electron chi connectivity index (χ4n) is 4.97. The molecule has 0 aromatic rings. The van der Waals surface area contributed by atoms with Crippen molar-refractivity contribution in [2.75, 3.05) is 13.1 Å². The fourth-order valence-corrected chi connectivity index (χ4v) is 4.97. The maximum atomic E-state index is 13.4. The molecule has 1 N–H and O–H groups in total. The summed E-state index contributed by atoms with van der Waals surface area (Å²) < 4.78 is 13.4. The first-order valence-corrected chi connectivity index (χ1v) is 8.48. The number of carbonyl (C=O) groups excluding carboxylic acids is 1. The normalized spacial score (nSPS) is 44.1. The summed E-state index contributed by atoms with van der Waals surface area (Å²) in [4.78, 5) is 13.7. The van der Waals surface area contributed by atoms with Crippen molar-refractivity contribution < 1.29 is 9.18 Å². The van der Waals surface area contributed by atoms with Crippen molar-refractivity contribution >= 4 is 5.91 Å². The summed E-state index contributed by atoms with van der Waals surface area (Å²) in [6, 6.07) is 1.44. The van der Waals surface area contributed by atoms with Crippen molar-refractivity contribution in [3.05, 3.63) is 0 Å². The minimum absolute atomic E-state index is 0.0160. The zero-order valence-corrected chi connectivity index (χ0v) is 13.5. The number of likely N-dealkylation sites (tertiary alicyclic amines) is 1. The smallest absolute Gasteiger partial charge is 0.237 e. The second kappa shape index (κ2) is 5.81. The maximum Gasteiger partial charge on any atom is 0.237 e. The first-order chi connectivity index (χ1) is 10.4. The molecule has 3 aliphatic rings. The largest absolute Gasteiger partial charge is 0.323 e. The van der Waals surface area contributed by atoms with E-state index in [1.165, 1.54) is 17.7 Å². The van der Waals surface area contributed by atoms with Crippen molar-refractivity contribution in [3.8, 4) is 6.07 Å². The number of hydrogen-bond acceptors (Lipinski definition) is 3. The van der Waals surface area contributed by atoms with Crippen LogP contribution in [0.25, 0.3) is 0 Å². The topological polar surface area (TPSA) is 56.1 Å². The molecule has 0 bridgehead atoms. The summed E-state index contributed by atoms with van der Waals surface area (Å²) in [7, 11) is 0. The van der Waals surface area contributed by atoms with Gasteiger partial charge in [0, 0.05) is 12.0 Å². The van der Waals surface area contributed by atoms with Crippen LogP contribution in [0.4, 0.5) is 4.39 Å². The Balaban J connectivity index is 1.53. The molecule has 4 nitrogen and oxygen atoms in total. The van der Waals surface area contributed by atoms with E-state index in [9.17, 15) is 9.18 Å². The van der Waals surface area contributed by atoms with Crippen LogP contribution in [0.3, 0.4) is 0 Å². The molecule has 22 heavy (non-hydrogen) atoms. The first-order valence-electron chi connectivity index (χ1n) is 8.48. The second-order valence-electron chi connectivity index (χ2n) is 7.94. The Morgan fingerprint density at radius 1 is 1.36 bits per heavy atom. The Hall–Kier alpha value is -1.15. The molecule has 0 radical (unpaired) electrons. The average Bonchev–Trinajstić information content (AvgIpc) is 3.07. The van der Waals surface area contributed by atoms with Gasteiger partial charge in [0.1, 0.15) is 12.2 Å². The quantitative estimate of drug-likeness (QED) is 0.870. The molecule has 2 saturated carbocycles. The maximum absolute atomic E-state index is 13.4. The Bertz CT molecular complexity index is 475. The van der Waals surface area contributed by atoms with E-state index in [0.717, 1.165) is 30.6 Å². The molecule has 1 heterocycles. The zero-order chi connectivity index (χ0) is 15.9. The van der Waals surface area contributed by atoms with Crippen LogP contribution in [-0.2, 0) is 4.79 Å². The van der Waals surface area contributed by atoms with Gasteiger partial charge in [0.25, 0.3) is 0 Å². The minimum Gasteiger partial charge on any atom is -0.323 e. The molecule has 2 unspecified atom stereocenters. The van der Waals surface area contributed by atoms with Gasteiger partial charge in [-0.05, 0) is 50.4 Å². The second-order valence-corrected chi connectivity index (χ2v) is 7.94. The van der Waals surface area contributed by atoms with Gasteiger partial charge in [-0.3, -0.25) is 4.79 Å². The molecule has 3 fully saturated rings. The molecule has 6 atom stereocenters. The molecule has 5 heteroatoms.